The maximum atomic E-state index is 13.3. The third-order valence-corrected chi connectivity index (χ3v) is 5.13. The summed E-state index contributed by atoms with van der Waals surface area (Å²) in [5.74, 6) is -0.946. The molecule has 0 radical (unpaired) electrons. The van der Waals surface area contributed by atoms with E-state index in [0.29, 0.717) is 18.4 Å². The van der Waals surface area contributed by atoms with Gasteiger partial charge in [0, 0.05) is 6.20 Å². The lowest BCUT2D eigenvalue weighted by Gasteiger charge is -2.35. The molecule has 0 atom stereocenters. The Balaban J connectivity index is 1.78. The zero-order valence-electron chi connectivity index (χ0n) is 15.1. The Morgan fingerprint density at radius 1 is 1.21 bits per heavy atom. The number of carbonyl (C=O) groups is 1. The zero-order valence-corrected chi connectivity index (χ0v) is 15.1. The van der Waals surface area contributed by atoms with Crippen LogP contribution in [0.3, 0.4) is 0 Å². The highest BCUT2D eigenvalue weighted by molar-refractivity contribution is 5.99. The van der Waals surface area contributed by atoms with Crippen molar-refractivity contribution in [2.24, 2.45) is 0 Å². The molecule has 2 N–H and O–H groups in total. The standard InChI is InChI=1S/C20H17F4N3O2/c21-14-4-2-12(3-5-14)17-15-10-13(20(22,23)24)6-9-27(15)26-18(17)25-16(28)11-19(29)7-1-8-19/h2-6,9-10,29H,1,7-8,11H2,(H,25,26,28). The molecule has 3 aromatic rings. The number of alkyl halides is 3. The zero-order chi connectivity index (χ0) is 20.8. The molecule has 1 aliphatic carbocycles. The van der Waals surface area contributed by atoms with Crippen LogP contribution in [0.2, 0.25) is 0 Å². The van der Waals surface area contributed by atoms with E-state index in [1.54, 1.807) is 0 Å². The van der Waals surface area contributed by atoms with Crippen LogP contribution in [0.15, 0.2) is 42.6 Å². The van der Waals surface area contributed by atoms with Gasteiger partial charge in [0.05, 0.1) is 28.7 Å². The number of aliphatic hydroxyl groups is 1. The highest BCUT2D eigenvalue weighted by atomic mass is 19.4. The van der Waals surface area contributed by atoms with Crippen LogP contribution in [-0.2, 0) is 11.0 Å². The Kier molecular flexibility index (Phi) is 4.57. The monoisotopic (exact) mass is 407 g/mol. The van der Waals surface area contributed by atoms with Crippen LogP contribution in [0.5, 0.6) is 0 Å². The summed E-state index contributed by atoms with van der Waals surface area (Å²) in [7, 11) is 0. The second-order valence-electron chi connectivity index (χ2n) is 7.28. The molecule has 29 heavy (non-hydrogen) atoms. The molecule has 0 bridgehead atoms. The number of halogens is 4. The predicted molar refractivity (Wildman–Crippen MR) is 97.6 cm³/mol. The maximum Gasteiger partial charge on any atom is 0.416 e. The summed E-state index contributed by atoms with van der Waals surface area (Å²) in [6.45, 7) is 0. The molecule has 2 aromatic heterocycles. The normalized spacial score (nSPS) is 15.9. The molecule has 4 rings (SSSR count). The average Bonchev–Trinajstić information content (AvgIpc) is 2.97. The van der Waals surface area contributed by atoms with Gasteiger partial charge < -0.3 is 10.4 Å². The number of hydrogen-bond acceptors (Lipinski definition) is 3. The highest BCUT2D eigenvalue weighted by Crippen LogP contribution is 2.38. The highest BCUT2D eigenvalue weighted by Gasteiger charge is 2.37. The van der Waals surface area contributed by atoms with E-state index in [0.717, 1.165) is 24.8 Å². The first kappa shape index (κ1) is 19.4. The molecule has 0 spiro atoms. The van der Waals surface area contributed by atoms with Gasteiger partial charge in [0.25, 0.3) is 0 Å². The van der Waals surface area contributed by atoms with Crippen LogP contribution in [0, 0.1) is 5.82 Å². The van der Waals surface area contributed by atoms with Crippen LogP contribution < -0.4 is 5.32 Å². The van der Waals surface area contributed by atoms with E-state index in [9.17, 15) is 27.5 Å². The lowest BCUT2D eigenvalue weighted by Crippen LogP contribution is -2.40. The molecule has 1 saturated carbocycles. The van der Waals surface area contributed by atoms with Gasteiger partial charge in [-0.1, -0.05) is 12.1 Å². The summed E-state index contributed by atoms with van der Waals surface area (Å²) in [4.78, 5) is 12.4. The van der Waals surface area contributed by atoms with Crippen molar-refractivity contribution in [3.63, 3.8) is 0 Å². The van der Waals surface area contributed by atoms with Crippen molar-refractivity contribution < 1.29 is 27.5 Å². The largest absolute Gasteiger partial charge is 0.416 e. The van der Waals surface area contributed by atoms with Crippen molar-refractivity contribution in [3.8, 4) is 11.1 Å². The van der Waals surface area contributed by atoms with Gasteiger partial charge in [-0.2, -0.15) is 13.2 Å². The van der Waals surface area contributed by atoms with Gasteiger partial charge in [-0.05, 0) is 49.1 Å². The van der Waals surface area contributed by atoms with Crippen molar-refractivity contribution in [1.82, 2.24) is 9.61 Å². The Hall–Kier alpha value is -2.94. The van der Waals surface area contributed by atoms with Gasteiger partial charge in [0.15, 0.2) is 5.82 Å². The quantitative estimate of drug-likeness (QED) is 0.630. The van der Waals surface area contributed by atoms with Crippen LogP contribution in [0.4, 0.5) is 23.4 Å². The van der Waals surface area contributed by atoms with Gasteiger partial charge in [-0.25, -0.2) is 8.91 Å². The summed E-state index contributed by atoms with van der Waals surface area (Å²) in [6.07, 6.45) is -1.66. The first-order valence-electron chi connectivity index (χ1n) is 9.02. The number of hydrogen-bond donors (Lipinski definition) is 2. The molecular weight excluding hydrogens is 390 g/mol. The van der Waals surface area contributed by atoms with Crippen molar-refractivity contribution in [3.05, 3.63) is 54.0 Å². The molecule has 1 fully saturated rings. The van der Waals surface area contributed by atoms with E-state index < -0.39 is 29.1 Å². The fourth-order valence-electron chi connectivity index (χ4n) is 3.45. The van der Waals surface area contributed by atoms with Gasteiger partial charge in [-0.15, -0.1) is 5.10 Å². The number of anilines is 1. The first-order valence-corrected chi connectivity index (χ1v) is 9.02. The molecule has 2 heterocycles. The Bertz CT molecular complexity index is 1070. The molecule has 152 valence electrons. The van der Waals surface area contributed by atoms with Crippen LogP contribution in [0.25, 0.3) is 16.6 Å². The Morgan fingerprint density at radius 2 is 1.90 bits per heavy atom. The van der Waals surface area contributed by atoms with E-state index in [2.05, 4.69) is 10.4 Å². The number of nitrogens with one attached hydrogen (secondary N) is 1. The van der Waals surface area contributed by atoms with Crippen LogP contribution in [-0.4, -0.2) is 26.2 Å². The van der Waals surface area contributed by atoms with Crippen molar-refractivity contribution in [1.29, 1.82) is 0 Å². The number of rotatable bonds is 4. The van der Waals surface area contributed by atoms with E-state index >= 15 is 0 Å². The fraction of sp³-hybridized carbons (Fsp3) is 0.300. The molecule has 1 amide bonds. The lowest BCUT2D eigenvalue weighted by molar-refractivity contribution is -0.137. The summed E-state index contributed by atoms with van der Waals surface area (Å²) >= 11 is 0. The Morgan fingerprint density at radius 3 is 2.48 bits per heavy atom. The fourth-order valence-corrected chi connectivity index (χ4v) is 3.45. The van der Waals surface area contributed by atoms with E-state index in [4.69, 9.17) is 0 Å². The molecule has 0 aliphatic heterocycles. The smallest absolute Gasteiger partial charge is 0.389 e. The number of nitrogens with zero attached hydrogens (tertiary/aromatic N) is 2. The topological polar surface area (TPSA) is 66.6 Å². The minimum atomic E-state index is -4.55. The number of fused-ring (bicyclic) bond motifs is 1. The van der Waals surface area contributed by atoms with Crippen molar-refractivity contribution in [2.45, 2.75) is 37.5 Å². The number of pyridine rings is 1. The molecule has 9 heteroatoms. The van der Waals surface area contributed by atoms with E-state index in [1.165, 1.54) is 28.8 Å². The predicted octanol–water partition coefficient (Wildman–Crippen LogP) is 4.40. The van der Waals surface area contributed by atoms with E-state index in [-0.39, 0.29) is 23.3 Å². The average molecular weight is 407 g/mol. The number of carbonyl (C=O) groups excluding carboxylic acids is 1. The lowest BCUT2D eigenvalue weighted by atomic mass is 9.78. The summed E-state index contributed by atoms with van der Waals surface area (Å²) in [6, 6.07) is 6.98. The second kappa shape index (κ2) is 6.84. The van der Waals surface area contributed by atoms with Gasteiger partial charge in [0.1, 0.15) is 5.82 Å². The SMILES string of the molecule is O=C(CC1(O)CCC1)Nc1nn2ccc(C(F)(F)F)cc2c1-c1ccc(F)cc1. The van der Waals surface area contributed by atoms with Crippen molar-refractivity contribution >= 4 is 17.2 Å². The van der Waals surface area contributed by atoms with Gasteiger partial charge in [0.2, 0.25) is 5.91 Å². The molecule has 5 nitrogen and oxygen atoms in total. The molecule has 0 saturated heterocycles. The van der Waals surface area contributed by atoms with Gasteiger partial charge >= 0.3 is 6.18 Å². The summed E-state index contributed by atoms with van der Waals surface area (Å²) < 4.78 is 54.1. The third-order valence-electron chi connectivity index (χ3n) is 5.13. The van der Waals surface area contributed by atoms with Crippen LogP contribution >= 0.6 is 0 Å². The maximum absolute atomic E-state index is 13.3. The molecule has 1 aromatic carbocycles. The third kappa shape index (κ3) is 3.82. The molecular formula is C20H17F4N3O2. The minimum absolute atomic E-state index is 0.0452. The number of aromatic nitrogens is 2. The molecule has 0 unspecified atom stereocenters. The summed E-state index contributed by atoms with van der Waals surface area (Å²) in [5.41, 5.74) is -1.16. The number of amides is 1. The summed E-state index contributed by atoms with van der Waals surface area (Å²) in [5, 5.41) is 17.0. The first-order chi connectivity index (χ1) is 13.6. The van der Waals surface area contributed by atoms with Crippen LogP contribution in [0.1, 0.15) is 31.2 Å². The van der Waals surface area contributed by atoms with Gasteiger partial charge in [-0.3, -0.25) is 4.79 Å². The second-order valence-corrected chi connectivity index (χ2v) is 7.28. The van der Waals surface area contributed by atoms with Crippen molar-refractivity contribution in [2.75, 3.05) is 5.32 Å². The van der Waals surface area contributed by atoms with E-state index in [1.807, 2.05) is 0 Å². The number of benzene rings is 1. The minimum Gasteiger partial charge on any atom is -0.389 e. The Labute approximate surface area is 163 Å². The molecule has 1 aliphatic rings.